The summed E-state index contributed by atoms with van der Waals surface area (Å²) in [6.45, 7) is 3.26. The first-order valence-corrected chi connectivity index (χ1v) is 5.11. The Hall–Kier alpha value is -1.84. The average Bonchev–Trinajstić information content (AvgIpc) is 2.52. The van der Waals surface area contributed by atoms with Crippen LogP contribution in [-0.4, -0.2) is 11.9 Å². The molecule has 1 aromatic carbocycles. The Bertz CT molecular complexity index is 452. The molecule has 84 valence electrons. The van der Waals surface area contributed by atoms with Crippen molar-refractivity contribution < 1.29 is 19.1 Å². The van der Waals surface area contributed by atoms with Gasteiger partial charge in [-0.25, -0.2) is 4.79 Å². The second-order valence-electron chi connectivity index (χ2n) is 3.71. The molecule has 1 atom stereocenters. The van der Waals surface area contributed by atoms with Crippen molar-refractivity contribution in [3.8, 4) is 0 Å². The molecule has 4 heteroatoms. The molecule has 0 fully saturated rings. The first kappa shape index (κ1) is 10.7. The van der Waals surface area contributed by atoms with Crippen LogP contribution in [0.1, 0.15) is 36.2 Å². The minimum atomic E-state index is -1.28. The van der Waals surface area contributed by atoms with Crippen molar-refractivity contribution in [2.24, 2.45) is 0 Å². The van der Waals surface area contributed by atoms with Crippen molar-refractivity contribution in [2.75, 3.05) is 0 Å². The molecule has 16 heavy (non-hydrogen) atoms. The van der Waals surface area contributed by atoms with Gasteiger partial charge in [-0.15, -0.1) is 0 Å². The van der Waals surface area contributed by atoms with Gasteiger partial charge >= 0.3 is 11.9 Å². The van der Waals surface area contributed by atoms with Gasteiger partial charge in [-0.2, -0.15) is 0 Å². The molecule has 0 saturated carbocycles. The zero-order valence-corrected chi connectivity index (χ0v) is 9.15. The van der Waals surface area contributed by atoms with E-state index in [-0.39, 0.29) is 6.42 Å². The molecule has 1 aliphatic rings. The largest absolute Gasteiger partial charge is 0.418 e. The number of hydrogen-bond acceptors (Lipinski definition) is 4. The summed E-state index contributed by atoms with van der Waals surface area (Å²) >= 11 is 0. The lowest BCUT2D eigenvalue weighted by molar-refractivity contribution is -0.202. The molecular formula is C12H12O4. The highest BCUT2D eigenvalue weighted by Gasteiger charge is 2.44. The van der Waals surface area contributed by atoms with Crippen LogP contribution in [0.15, 0.2) is 24.3 Å². The van der Waals surface area contributed by atoms with Gasteiger partial charge in [0.05, 0.1) is 11.1 Å². The molecule has 0 spiro atoms. The number of carbonyl (C=O) groups excluding carboxylic acids is 2. The lowest BCUT2D eigenvalue weighted by atomic mass is 10.0. The molecule has 4 nitrogen and oxygen atoms in total. The van der Waals surface area contributed by atoms with Crippen LogP contribution in [0.5, 0.6) is 0 Å². The molecule has 0 bridgehead atoms. The lowest BCUT2D eigenvalue weighted by Crippen LogP contribution is -2.28. The number of cyclic esters (lactones) is 1. The van der Waals surface area contributed by atoms with Crippen molar-refractivity contribution >= 4 is 11.9 Å². The number of ether oxygens (including phenoxy) is 2. The van der Waals surface area contributed by atoms with Crippen LogP contribution in [0.4, 0.5) is 0 Å². The molecule has 1 unspecified atom stereocenters. The van der Waals surface area contributed by atoms with E-state index in [4.69, 9.17) is 9.47 Å². The van der Waals surface area contributed by atoms with Crippen LogP contribution >= 0.6 is 0 Å². The van der Waals surface area contributed by atoms with Gasteiger partial charge in [0.25, 0.3) is 5.79 Å². The SMILES string of the molecule is CCC(=O)OC1(C)OC(=O)c2ccccc21. The average molecular weight is 220 g/mol. The molecule has 0 amide bonds. The monoisotopic (exact) mass is 220 g/mol. The minimum absolute atomic E-state index is 0.245. The lowest BCUT2D eigenvalue weighted by Gasteiger charge is -2.23. The Balaban J connectivity index is 2.39. The van der Waals surface area contributed by atoms with Crippen LogP contribution in [0, 0.1) is 0 Å². The summed E-state index contributed by atoms with van der Waals surface area (Å²) in [5, 5.41) is 0. The fourth-order valence-electron chi connectivity index (χ4n) is 1.71. The predicted molar refractivity (Wildman–Crippen MR) is 55.6 cm³/mol. The molecule has 0 radical (unpaired) electrons. The molecule has 1 aromatic rings. The molecule has 0 saturated heterocycles. The molecule has 0 aromatic heterocycles. The highest BCUT2D eigenvalue weighted by atomic mass is 16.7. The zero-order chi connectivity index (χ0) is 11.8. The summed E-state index contributed by atoms with van der Waals surface area (Å²) < 4.78 is 10.3. The zero-order valence-electron chi connectivity index (χ0n) is 9.15. The highest BCUT2D eigenvalue weighted by Crippen LogP contribution is 2.37. The Labute approximate surface area is 93.2 Å². The Morgan fingerprint density at radius 2 is 2.12 bits per heavy atom. The number of benzene rings is 1. The Morgan fingerprint density at radius 1 is 1.44 bits per heavy atom. The van der Waals surface area contributed by atoms with Crippen LogP contribution in [0.25, 0.3) is 0 Å². The van der Waals surface area contributed by atoms with Gasteiger partial charge in [0.15, 0.2) is 0 Å². The van der Waals surface area contributed by atoms with Crippen molar-refractivity contribution in [1.82, 2.24) is 0 Å². The maximum Gasteiger partial charge on any atom is 0.342 e. The summed E-state index contributed by atoms with van der Waals surface area (Å²) in [5.74, 6) is -2.13. The number of fused-ring (bicyclic) bond motifs is 1. The highest BCUT2D eigenvalue weighted by molar-refractivity contribution is 5.94. The van der Waals surface area contributed by atoms with Gasteiger partial charge in [-0.05, 0) is 6.07 Å². The van der Waals surface area contributed by atoms with E-state index in [1.165, 1.54) is 0 Å². The molecule has 0 aliphatic carbocycles. The Kier molecular flexibility index (Phi) is 2.42. The summed E-state index contributed by atoms with van der Waals surface area (Å²) in [7, 11) is 0. The topological polar surface area (TPSA) is 52.6 Å². The summed E-state index contributed by atoms with van der Waals surface area (Å²) in [5.41, 5.74) is 1.05. The van der Waals surface area contributed by atoms with Gasteiger partial charge in [-0.1, -0.05) is 25.1 Å². The van der Waals surface area contributed by atoms with Crippen molar-refractivity contribution in [3.05, 3.63) is 35.4 Å². The van der Waals surface area contributed by atoms with Crippen LogP contribution in [-0.2, 0) is 20.1 Å². The van der Waals surface area contributed by atoms with E-state index < -0.39 is 17.7 Å². The van der Waals surface area contributed by atoms with Crippen LogP contribution < -0.4 is 0 Å². The first-order valence-electron chi connectivity index (χ1n) is 5.11. The van der Waals surface area contributed by atoms with E-state index in [0.29, 0.717) is 11.1 Å². The second-order valence-corrected chi connectivity index (χ2v) is 3.71. The van der Waals surface area contributed by atoms with E-state index in [9.17, 15) is 9.59 Å². The maximum atomic E-state index is 11.5. The molecule has 1 heterocycles. The van der Waals surface area contributed by atoms with Crippen molar-refractivity contribution in [1.29, 1.82) is 0 Å². The van der Waals surface area contributed by atoms with E-state index in [0.717, 1.165) is 0 Å². The van der Waals surface area contributed by atoms with Crippen molar-refractivity contribution in [2.45, 2.75) is 26.1 Å². The maximum absolute atomic E-state index is 11.5. The van der Waals surface area contributed by atoms with Gasteiger partial charge in [0, 0.05) is 13.3 Å². The molecule has 2 rings (SSSR count). The third kappa shape index (κ3) is 1.56. The summed E-state index contributed by atoms with van der Waals surface area (Å²) in [4.78, 5) is 22.8. The van der Waals surface area contributed by atoms with Crippen molar-refractivity contribution in [3.63, 3.8) is 0 Å². The Morgan fingerprint density at radius 3 is 2.81 bits per heavy atom. The van der Waals surface area contributed by atoms with Crippen LogP contribution in [0.2, 0.25) is 0 Å². The normalized spacial score (nSPS) is 22.5. The summed E-state index contributed by atoms with van der Waals surface area (Å²) in [6, 6.07) is 6.90. The van der Waals surface area contributed by atoms with Crippen LogP contribution in [0.3, 0.4) is 0 Å². The number of esters is 2. The molecule has 0 N–H and O–H groups in total. The van der Waals surface area contributed by atoms with E-state index in [2.05, 4.69) is 0 Å². The second kappa shape index (κ2) is 3.63. The van der Waals surface area contributed by atoms with Gasteiger partial charge in [0.1, 0.15) is 0 Å². The molecule has 1 aliphatic heterocycles. The smallest absolute Gasteiger partial charge is 0.342 e. The quantitative estimate of drug-likeness (QED) is 0.715. The standard InChI is InChI=1S/C12H12O4/c1-3-10(13)15-12(2)9-7-5-4-6-8(9)11(14)16-12/h4-7H,3H2,1-2H3. The number of carbonyl (C=O) groups is 2. The third-order valence-electron chi connectivity index (χ3n) is 2.52. The summed E-state index contributed by atoms with van der Waals surface area (Å²) in [6.07, 6.45) is 0.245. The minimum Gasteiger partial charge on any atom is -0.418 e. The molecular weight excluding hydrogens is 208 g/mol. The fraction of sp³-hybridized carbons (Fsp3) is 0.333. The van der Waals surface area contributed by atoms with Gasteiger partial charge in [-0.3, -0.25) is 4.79 Å². The number of rotatable bonds is 2. The van der Waals surface area contributed by atoms with Gasteiger partial charge < -0.3 is 9.47 Å². The third-order valence-corrected chi connectivity index (χ3v) is 2.52. The van der Waals surface area contributed by atoms with E-state index in [1.807, 2.05) is 0 Å². The fourth-order valence-corrected chi connectivity index (χ4v) is 1.71. The van der Waals surface area contributed by atoms with Gasteiger partial charge in [0.2, 0.25) is 0 Å². The predicted octanol–water partition coefficient (Wildman–Crippen LogP) is 1.98. The van der Waals surface area contributed by atoms with E-state index in [1.54, 1.807) is 38.1 Å². The van der Waals surface area contributed by atoms with E-state index >= 15 is 0 Å². The first-order chi connectivity index (χ1) is 7.57. The number of hydrogen-bond donors (Lipinski definition) is 0.